The summed E-state index contributed by atoms with van der Waals surface area (Å²) < 4.78 is -1.54. The van der Waals surface area contributed by atoms with Gasteiger partial charge in [0.05, 0.1) is 0 Å². The number of rotatable bonds is 0. The molecule has 0 aromatic heterocycles. The van der Waals surface area contributed by atoms with Crippen LogP contribution < -0.4 is 0 Å². The predicted molar refractivity (Wildman–Crippen MR) is 47.2 cm³/mol. The van der Waals surface area contributed by atoms with E-state index in [4.69, 9.17) is 46.4 Å². The highest BCUT2D eigenvalue weighted by atomic mass is 35.5. The summed E-state index contributed by atoms with van der Waals surface area (Å²) in [7, 11) is 0. The molecule has 10 heavy (non-hydrogen) atoms. The topological polar surface area (TPSA) is 0 Å². The van der Waals surface area contributed by atoms with Crippen molar-refractivity contribution >= 4 is 46.4 Å². The van der Waals surface area contributed by atoms with E-state index in [-0.39, 0.29) is 0 Å². The number of allylic oxidation sites excluding steroid dienone is 2. The Hall–Kier alpha value is 0.900. The largest absolute Gasteiger partial charge is 0.136 e. The first-order chi connectivity index (χ1) is 4.41. The summed E-state index contributed by atoms with van der Waals surface area (Å²) in [5.74, 6) is 0. The van der Waals surface area contributed by atoms with Crippen molar-refractivity contribution in [2.45, 2.75) is 21.5 Å². The summed E-state index contributed by atoms with van der Waals surface area (Å²) in [5.41, 5.74) is 0. The Morgan fingerprint density at radius 2 is 1.10 bits per heavy atom. The summed E-state index contributed by atoms with van der Waals surface area (Å²) in [4.78, 5) is 0. The van der Waals surface area contributed by atoms with E-state index in [1.54, 1.807) is 12.2 Å². The summed E-state index contributed by atoms with van der Waals surface area (Å²) in [6.07, 6.45) is 4.44. The van der Waals surface area contributed by atoms with Gasteiger partial charge in [-0.3, -0.25) is 0 Å². The monoisotopic (exact) mass is 218 g/mol. The van der Waals surface area contributed by atoms with Gasteiger partial charge in [-0.2, -0.15) is 0 Å². The van der Waals surface area contributed by atoms with E-state index in [0.29, 0.717) is 12.8 Å². The van der Waals surface area contributed by atoms with Gasteiger partial charge in [0.2, 0.25) is 0 Å². The highest BCUT2D eigenvalue weighted by Gasteiger charge is 2.32. The fourth-order valence-electron chi connectivity index (χ4n) is 0.744. The van der Waals surface area contributed by atoms with Crippen LogP contribution in [0.2, 0.25) is 0 Å². The summed E-state index contributed by atoms with van der Waals surface area (Å²) >= 11 is 23.0. The number of halogens is 4. The van der Waals surface area contributed by atoms with Gasteiger partial charge in [-0.1, -0.05) is 46.4 Å². The molecule has 0 amide bonds. The molecule has 0 atom stereocenters. The Bertz CT molecular complexity index is 141. The van der Waals surface area contributed by atoms with Crippen molar-refractivity contribution in [3.63, 3.8) is 0 Å². The van der Waals surface area contributed by atoms with Crippen molar-refractivity contribution in [2.24, 2.45) is 0 Å². The van der Waals surface area contributed by atoms with E-state index in [1.165, 1.54) is 0 Å². The smallest absolute Gasteiger partial charge is 0.0970 e. The lowest BCUT2D eigenvalue weighted by Crippen LogP contribution is -2.22. The van der Waals surface area contributed by atoms with Crippen LogP contribution in [-0.4, -0.2) is 8.67 Å². The van der Waals surface area contributed by atoms with Crippen molar-refractivity contribution in [1.29, 1.82) is 0 Å². The van der Waals surface area contributed by atoms with Crippen LogP contribution in [0.5, 0.6) is 0 Å². The van der Waals surface area contributed by atoms with Gasteiger partial charge in [0.1, 0.15) is 8.67 Å². The van der Waals surface area contributed by atoms with Crippen LogP contribution in [-0.2, 0) is 0 Å². The van der Waals surface area contributed by atoms with Crippen LogP contribution in [0.25, 0.3) is 0 Å². The van der Waals surface area contributed by atoms with Crippen LogP contribution in [0, 0.1) is 0 Å². The normalized spacial score (nSPS) is 28.4. The van der Waals surface area contributed by atoms with Gasteiger partial charge >= 0.3 is 0 Å². The van der Waals surface area contributed by atoms with Crippen LogP contribution in [0.3, 0.4) is 0 Å². The fraction of sp³-hybridized carbons (Fsp3) is 0.667. The molecule has 1 aliphatic carbocycles. The molecule has 0 saturated carbocycles. The molecule has 0 radical (unpaired) electrons. The van der Waals surface area contributed by atoms with Crippen molar-refractivity contribution in [3.8, 4) is 0 Å². The highest BCUT2D eigenvalue weighted by Crippen LogP contribution is 2.41. The molecule has 0 bridgehead atoms. The zero-order valence-electron chi connectivity index (χ0n) is 5.08. The molecule has 0 nitrogen and oxygen atoms in total. The molecular weight excluding hydrogens is 214 g/mol. The molecule has 0 heterocycles. The predicted octanol–water partition coefficient (Wildman–Crippen LogP) is 3.68. The minimum absolute atomic E-state index is 0.597. The van der Waals surface area contributed by atoms with Gasteiger partial charge in [-0.05, 0) is 25.0 Å². The quantitative estimate of drug-likeness (QED) is 0.431. The molecule has 0 saturated heterocycles. The maximum Gasteiger partial charge on any atom is 0.136 e. The van der Waals surface area contributed by atoms with Crippen molar-refractivity contribution in [3.05, 3.63) is 12.2 Å². The third-order valence-electron chi connectivity index (χ3n) is 1.36. The molecule has 58 valence electrons. The molecule has 4 heteroatoms. The highest BCUT2D eigenvalue weighted by molar-refractivity contribution is 6.52. The van der Waals surface area contributed by atoms with Gasteiger partial charge in [-0.25, -0.2) is 0 Å². The second-order valence-corrected chi connectivity index (χ2v) is 5.44. The number of alkyl halides is 4. The summed E-state index contributed by atoms with van der Waals surface area (Å²) in [5, 5.41) is 0. The maximum atomic E-state index is 5.76. The number of hydrogen-bond acceptors (Lipinski definition) is 0. The average Bonchev–Trinajstić information content (AvgIpc) is 1.79. The standard InChI is InChI=1S/C6H6Cl4/c7-5(8)1-2-6(9,10)4-3-5/h1-2H,3-4H2. The molecule has 0 aliphatic heterocycles. The van der Waals surface area contributed by atoms with Crippen LogP contribution >= 0.6 is 46.4 Å². The minimum Gasteiger partial charge on any atom is -0.0970 e. The van der Waals surface area contributed by atoms with E-state index in [9.17, 15) is 0 Å². The first-order valence-electron chi connectivity index (χ1n) is 2.87. The molecule has 0 N–H and O–H groups in total. The molecule has 1 rings (SSSR count). The van der Waals surface area contributed by atoms with E-state index in [2.05, 4.69) is 0 Å². The van der Waals surface area contributed by atoms with Gasteiger partial charge in [0.15, 0.2) is 0 Å². The molecule has 0 aromatic carbocycles. The third kappa shape index (κ3) is 2.50. The first kappa shape index (κ1) is 8.99. The third-order valence-corrected chi connectivity index (χ3v) is 2.62. The maximum absolute atomic E-state index is 5.76. The fourth-order valence-corrected chi connectivity index (χ4v) is 1.37. The zero-order chi connectivity index (χ0) is 7.83. The summed E-state index contributed by atoms with van der Waals surface area (Å²) in [6.45, 7) is 0. The molecule has 0 spiro atoms. The van der Waals surface area contributed by atoms with Crippen molar-refractivity contribution in [1.82, 2.24) is 0 Å². The Labute approximate surface area is 80.1 Å². The second kappa shape index (κ2) is 2.75. The lowest BCUT2D eigenvalue weighted by molar-refractivity contribution is 0.673. The lowest BCUT2D eigenvalue weighted by Gasteiger charge is -2.26. The Kier molecular flexibility index (Phi) is 2.47. The van der Waals surface area contributed by atoms with E-state index >= 15 is 0 Å². The van der Waals surface area contributed by atoms with Crippen LogP contribution in [0.4, 0.5) is 0 Å². The second-order valence-electron chi connectivity index (χ2n) is 2.36. The molecule has 0 unspecified atom stereocenters. The van der Waals surface area contributed by atoms with E-state index in [0.717, 1.165) is 0 Å². The number of hydrogen-bond donors (Lipinski definition) is 0. The zero-order valence-corrected chi connectivity index (χ0v) is 8.10. The average molecular weight is 220 g/mol. The van der Waals surface area contributed by atoms with E-state index < -0.39 is 8.67 Å². The van der Waals surface area contributed by atoms with Crippen LogP contribution in [0.1, 0.15) is 12.8 Å². The van der Waals surface area contributed by atoms with Crippen molar-refractivity contribution < 1.29 is 0 Å². The Morgan fingerprint density at radius 1 is 0.800 bits per heavy atom. The Morgan fingerprint density at radius 3 is 1.30 bits per heavy atom. The molecule has 0 fully saturated rings. The Balaban J connectivity index is 2.70. The van der Waals surface area contributed by atoms with Gasteiger partial charge in [0, 0.05) is 0 Å². The van der Waals surface area contributed by atoms with Gasteiger partial charge < -0.3 is 0 Å². The van der Waals surface area contributed by atoms with Gasteiger partial charge in [0.25, 0.3) is 0 Å². The minimum atomic E-state index is -0.771. The lowest BCUT2D eigenvalue weighted by atomic mass is 10.1. The van der Waals surface area contributed by atoms with Gasteiger partial charge in [-0.15, -0.1) is 0 Å². The molecule has 1 aliphatic rings. The molecular formula is C6H6Cl4. The summed E-state index contributed by atoms with van der Waals surface area (Å²) in [6, 6.07) is 0. The SMILES string of the molecule is ClC1(Cl)C=CC(Cl)(Cl)CC1. The van der Waals surface area contributed by atoms with Crippen LogP contribution in [0.15, 0.2) is 12.2 Å². The van der Waals surface area contributed by atoms with Crippen molar-refractivity contribution in [2.75, 3.05) is 0 Å². The first-order valence-corrected chi connectivity index (χ1v) is 4.39. The molecule has 0 aromatic rings. The van der Waals surface area contributed by atoms with E-state index in [1.807, 2.05) is 0 Å².